The third kappa shape index (κ3) is 4.39. The Bertz CT molecular complexity index is 1490. The van der Waals surface area contributed by atoms with Crippen LogP contribution in [-0.2, 0) is 14.8 Å². The molecule has 4 rings (SSSR count). The highest BCUT2D eigenvalue weighted by Gasteiger charge is 2.23. The lowest BCUT2D eigenvalue weighted by molar-refractivity contribution is -0.119. The maximum atomic E-state index is 13.4. The van der Waals surface area contributed by atoms with Gasteiger partial charge in [0.1, 0.15) is 10.9 Å². The molecule has 0 aliphatic heterocycles. The molecule has 10 heteroatoms. The Morgan fingerprint density at radius 2 is 1.79 bits per heavy atom. The first-order chi connectivity index (χ1) is 16.2. The number of aromatic nitrogens is 2. The summed E-state index contributed by atoms with van der Waals surface area (Å²) in [6.07, 6.45) is 1.78. The quantitative estimate of drug-likeness (QED) is 0.417. The summed E-state index contributed by atoms with van der Waals surface area (Å²) in [5, 5.41) is 5.18. The largest absolute Gasteiger partial charge is 0.324 e. The van der Waals surface area contributed by atoms with E-state index in [0.717, 1.165) is 15.4 Å². The van der Waals surface area contributed by atoms with E-state index in [9.17, 15) is 18.0 Å². The topological polar surface area (TPSA) is 101 Å². The van der Waals surface area contributed by atoms with Crippen molar-refractivity contribution in [2.24, 2.45) is 0 Å². The highest BCUT2D eigenvalue weighted by Crippen LogP contribution is 2.31. The molecule has 2 heterocycles. The van der Waals surface area contributed by atoms with Crippen LogP contribution >= 0.6 is 11.3 Å². The molecule has 2 aromatic carbocycles. The maximum Gasteiger partial charge on any atom is 0.263 e. The van der Waals surface area contributed by atoms with Crippen molar-refractivity contribution in [2.75, 3.05) is 19.4 Å². The molecular weight excluding hydrogens is 472 g/mol. The summed E-state index contributed by atoms with van der Waals surface area (Å²) < 4.78 is 27.0. The van der Waals surface area contributed by atoms with E-state index in [1.54, 1.807) is 0 Å². The summed E-state index contributed by atoms with van der Waals surface area (Å²) >= 11 is 1.39. The maximum absolute atomic E-state index is 13.4. The van der Waals surface area contributed by atoms with Gasteiger partial charge in [-0.2, -0.15) is 0 Å². The number of fused-ring (bicyclic) bond motifs is 1. The number of carbonyl (C=O) groups excluding carboxylic acids is 1. The molecule has 4 aromatic rings. The normalized spacial score (nSPS) is 12.7. The number of nitrogens with zero attached hydrogens (tertiary/aromatic N) is 3. The number of hydrogen-bond acceptors (Lipinski definition) is 6. The van der Waals surface area contributed by atoms with Crippen LogP contribution in [0.2, 0.25) is 0 Å². The van der Waals surface area contributed by atoms with Gasteiger partial charge < -0.3 is 5.32 Å². The highest BCUT2D eigenvalue weighted by molar-refractivity contribution is 7.89. The van der Waals surface area contributed by atoms with E-state index < -0.39 is 16.1 Å². The highest BCUT2D eigenvalue weighted by atomic mass is 32.2. The second-order valence-corrected chi connectivity index (χ2v) is 10.9. The Hall–Kier alpha value is -3.34. The molecule has 1 atom stereocenters. The molecule has 0 spiro atoms. The minimum absolute atomic E-state index is 0.124. The van der Waals surface area contributed by atoms with Gasteiger partial charge in [-0.1, -0.05) is 37.3 Å². The molecule has 8 nitrogen and oxygen atoms in total. The zero-order valence-electron chi connectivity index (χ0n) is 18.9. The second-order valence-electron chi connectivity index (χ2n) is 7.88. The van der Waals surface area contributed by atoms with Crippen LogP contribution in [0.4, 0.5) is 5.69 Å². The van der Waals surface area contributed by atoms with Crippen molar-refractivity contribution < 1.29 is 13.2 Å². The van der Waals surface area contributed by atoms with Gasteiger partial charge in [0.05, 0.1) is 16.6 Å². The molecule has 0 fully saturated rings. The number of sulfonamides is 1. The van der Waals surface area contributed by atoms with Gasteiger partial charge in [-0.05, 0) is 36.2 Å². The third-order valence-electron chi connectivity index (χ3n) is 5.53. The van der Waals surface area contributed by atoms with E-state index in [-0.39, 0.29) is 16.4 Å². The van der Waals surface area contributed by atoms with Crippen LogP contribution in [0.15, 0.2) is 76.0 Å². The van der Waals surface area contributed by atoms with Crippen molar-refractivity contribution in [3.05, 3.63) is 76.7 Å². The molecule has 1 N–H and O–H groups in total. The van der Waals surface area contributed by atoms with Crippen molar-refractivity contribution >= 4 is 43.2 Å². The van der Waals surface area contributed by atoms with Crippen molar-refractivity contribution in [3.63, 3.8) is 0 Å². The fourth-order valence-electron chi connectivity index (χ4n) is 3.65. The second kappa shape index (κ2) is 9.49. The first-order valence-corrected chi connectivity index (χ1v) is 12.9. The molecule has 0 saturated carbocycles. The van der Waals surface area contributed by atoms with E-state index in [1.165, 1.54) is 60.6 Å². The first-order valence-electron chi connectivity index (χ1n) is 10.6. The summed E-state index contributed by atoms with van der Waals surface area (Å²) in [6, 6.07) is 14.7. The third-order valence-corrected chi connectivity index (χ3v) is 8.25. The number of benzene rings is 2. The number of hydrogen-bond donors (Lipinski definition) is 1. The minimum atomic E-state index is -3.57. The summed E-state index contributed by atoms with van der Waals surface area (Å²) in [5.74, 6) is -0.384. The van der Waals surface area contributed by atoms with Crippen LogP contribution in [0.1, 0.15) is 19.4 Å². The lowest BCUT2D eigenvalue weighted by Crippen LogP contribution is -2.33. The molecule has 0 bridgehead atoms. The standard InChI is InChI=1S/C24H24N4O4S2/c1-4-20(22(29)26-17-10-12-18(13-11-17)34(31,32)27(2)3)28-15-25-23-21(24(28)30)19(14-33-23)16-8-6-5-7-9-16/h5-15,20H,4H2,1-3H3,(H,26,29). The number of carbonyl (C=O) groups is 1. The summed E-state index contributed by atoms with van der Waals surface area (Å²) in [6.45, 7) is 1.82. The number of rotatable bonds is 7. The number of thiophene rings is 1. The van der Waals surface area contributed by atoms with Crippen molar-refractivity contribution in [1.82, 2.24) is 13.9 Å². The molecule has 2 aromatic heterocycles. The monoisotopic (exact) mass is 496 g/mol. The Morgan fingerprint density at radius 3 is 2.41 bits per heavy atom. The Balaban J connectivity index is 1.65. The predicted octanol–water partition coefficient (Wildman–Crippen LogP) is 3.97. The van der Waals surface area contributed by atoms with E-state index in [0.29, 0.717) is 22.3 Å². The van der Waals surface area contributed by atoms with Gasteiger partial charge in [0, 0.05) is 30.7 Å². The van der Waals surface area contributed by atoms with Crippen LogP contribution in [0, 0.1) is 0 Å². The summed E-state index contributed by atoms with van der Waals surface area (Å²) in [4.78, 5) is 31.7. The number of amides is 1. The Labute approximate surface area is 201 Å². The molecule has 0 saturated heterocycles. The van der Waals surface area contributed by atoms with Crippen molar-refractivity contribution in [3.8, 4) is 11.1 Å². The van der Waals surface area contributed by atoms with Gasteiger partial charge in [0.15, 0.2) is 0 Å². The average Bonchev–Trinajstić information content (AvgIpc) is 3.27. The minimum Gasteiger partial charge on any atom is -0.324 e. The van der Waals surface area contributed by atoms with Crippen LogP contribution < -0.4 is 10.9 Å². The zero-order chi connectivity index (χ0) is 24.5. The number of nitrogens with one attached hydrogen (secondary N) is 1. The van der Waals surface area contributed by atoms with Crippen LogP contribution in [0.3, 0.4) is 0 Å². The fraction of sp³-hybridized carbons (Fsp3) is 0.208. The molecule has 0 aliphatic carbocycles. The van der Waals surface area contributed by atoms with Gasteiger partial charge in [0.25, 0.3) is 5.56 Å². The number of anilines is 1. The lowest BCUT2D eigenvalue weighted by Gasteiger charge is -2.18. The van der Waals surface area contributed by atoms with Crippen LogP contribution in [0.5, 0.6) is 0 Å². The summed E-state index contributed by atoms with van der Waals surface area (Å²) in [7, 11) is -0.657. The van der Waals surface area contributed by atoms with Gasteiger partial charge in [0.2, 0.25) is 15.9 Å². The lowest BCUT2D eigenvalue weighted by atomic mass is 10.1. The predicted molar refractivity (Wildman–Crippen MR) is 135 cm³/mol. The molecule has 34 heavy (non-hydrogen) atoms. The van der Waals surface area contributed by atoms with E-state index in [1.807, 2.05) is 42.6 Å². The van der Waals surface area contributed by atoms with Crippen molar-refractivity contribution in [2.45, 2.75) is 24.3 Å². The van der Waals surface area contributed by atoms with E-state index >= 15 is 0 Å². The van der Waals surface area contributed by atoms with Gasteiger partial charge in [-0.3, -0.25) is 14.2 Å². The molecule has 1 amide bonds. The fourth-order valence-corrected chi connectivity index (χ4v) is 5.46. The molecule has 0 aliphatic rings. The average molecular weight is 497 g/mol. The zero-order valence-corrected chi connectivity index (χ0v) is 20.6. The smallest absolute Gasteiger partial charge is 0.263 e. The SMILES string of the molecule is CCC(C(=O)Nc1ccc(S(=O)(=O)N(C)C)cc1)n1cnc2scc(-c3ccccc3)c2c1=O. The summed E-state index contributed by atoms with van der Waals surface area (Å²) in [5.41, 5.74) is 1.86. The Kier molecular flexibility index (Phi) is 6.65. The van der Waals surface area contributed by atoms with Crippen LogP contribution in [-0.4, -0.2) is 42.3 Å². The van der Waals surface area contributed by atoms with E-state index in [2.05, 4.69) is 10.3 Å². The van der Waals surface area contributed by atoms with Crippen LogP contribution in [0.25, 0.3) is 21.3 Å². The molecule has 176 valence electrons. The molecule has 1 unspecified atom stereocenters. The first kappa shape index (κ1) is 23.8. The van der Waals surface area contributed by atoms with Gasteiger partial charge >= 0.3 is 0 Å². The van der Waals surface area contributed by atoms with Gasteiger partial charge in [-0.15, -0.1) is 11.3 Å². The molecule has 0 radical (unpaired) electrons. The van der Waals surface area contributed by atoms with Gasteiger partial charge in [-0.25, -0.2) is 17.7 Å². The molecular formula is C24H24N4O4S2. The Morgan fingerprint density at radius 1 is 1.12 bits per heavy atom. The van der Waals surface area contributed by atoms with Crippen molar-refractivity contribution in [1.29, 1.82) is 0 Å². The van der Waals surface area contributed by atoms with E-state index in [4.69, 9.17) is 0 Å².